The van der Waals surface area contributed by atoms with Crippen LogP contribution in [0.4, 0.5) is 11.4 Å². The Morgan fingerprint density at radius 2 is 1.88 bits per heavy atom. The van der Waals surface area contributed by atoms with E-state index in [1.165, 1.54) is 0 Å². The lowest BCUT2D eigenvalue weighted by molar-refractivity contribution is -0.118. The molecule has 3 heterocycles. The molecule has 0 aliphatic carbocycles. The van der Waals surface area contributed by atoms with Gasteiger partial charge in [0.05, 0.1) is 30.6 Å². The van der Waals surface area contributed by atoms with Crippen molar-refractivity contribution < 1.29 is 9.53 Å². The molecule has 4 aromatic rings. The van der Waals surface area contributed by atoms with E-state index in [9.17, 15) is 4.79 Å². The Balaban J connectivity index is 1.64. The summed E-state index contributed by atoms with van der Waals surface area (Å²) in [6.45, 7) is 9.94. The van der Waals surface area contributed by atoms with Gasteiger partial charge in [-0.3, -0.25) is 9.78 Å². The number of anilines is 2. The number of hydrogen-bond acceptors (Lipinski definition) is 4. The minimum atomic E-state index is -0.196. The van der Waals surface area contributed by atoms with Gasteiger partial charge in [0.25, 0.3) is 0 Å². The van der Waals surface area contributed by atoms with Crippen molar-refractivity contribution in [2.75, 3.05) is 17.3 Å². The number of nitrogens with one attached hydrogen (secondary N) is 2. The Kier molecular flexibility index (Phi) is 8.07. The number of aryl methyl sites for hydroxylation is 2. The molecule has 1 saturated heterocycles. The molecule has 1 fully saturated rings. The summed E-state index contributed by atoms with van der Waals surface area (Å²) in [5.41, 5.74) is 7.62. The van der Waals surface area contributed by atoms with Crippen LogP contribution in [0.5, 0.6) is 5.75 Å². The number of pyridine rings is 1. The average molecular weight is 588 g/mol. The Labute approximate surface area is 251 Å². The fourth-order valence-corrected chi connectivity index (χ4v) is 5.97. The summed E-state index contributed by atoms with van der Waals surface area (Å²) in [7, 11) is 1.66. The standard InChI is InChI=1S/C32H34ClN5O2S/c1-18(2)31(39)35-25-12-11-23(15-19(25)3)38-30(29(36-32(38)41)26-9-7-8-14-34-26)24-16-20(4)37(21(24)5)27-17-22(33)10-13-28(27)40-6/h7-18,29-30H,1-6H3,(H,35,39)(H,36,41)/t29-,30+/m1/s1. The summed E-state index contributed by atoms with van der Waals surface area (Å²) < 4.78 is 7.87. The Hall–Kier alpha value is -3.88. The maximum Gasteiger partial charge on any atom is 0.226 e. The van der Waals surface area contributed by atoms with E-state index in [2.05, 4.69) is 46.1 Å². The average Bonchev–Trinajstić information content (AvgIpc) is 3.44. The summed E-state index contributed by atoms with van der Waals surface area (Å²) in [6.07, 6.45) is 1.80. The number of carbonyl (C=O) groups is 1. The van der Waals surface area contributed by atoms with E-state index in [-0.39, 0.29) is 23.9 Å². The Morgan fingerprint density at radius 1 is 1.10 bits per heavy atom. The third-order valence-electron chi connectivity index (χ3n) is 7.54. The summed E-state index contributed by atoms with van der Waals surface area (Å²) in [6, 6.07) is 19.4. The largest absolute Gasteiger partial charge is 0.495 e. The molecule has 0 spiro atoms. The maximum atomic E-state index is 12.4. The normalized spacial score (nSPS) is 16.7. The fourth-order valence-electron chi connectivity index (χ4n) is 5.46. The van der Waals surface area contributed by atoms with Crippen LogP contribution in [-0.4, -0.2) is 27.7 Å². The molecule has 1 aliphatic heterocycles. The van der Waals surface area contributed by atoms with Crippen LogP contribution in [0, 0.1) is 26.7 Å². The van der Waals surface area contributed by atoms with Crippen molar-refractivity contribution in [2.45, 2.75) is 46.7 Å². The van der Waals surface area contributed by atoms with Crippen molar-refractivity contribution in [3.8, 4) is 11.4 Å². The third-order valence-corrected chi connectivity index (χ3v) is 8.09. The number of halogens is 1. The lowest BCUT2D eigenvalue weighted by Gasteiger charge is -2.29. The van der Waals surface area contributed by atoms with Crippen LogP contribution in [0.3, 0.4) is 0 Å². The monoisotopic (exact) mass is 587 g/mol. The van der Waals surface area contributed by atoms with E-state index in [1.54, 1.807) is 13.3 Å². The molecule has 212 valence electrons. The molecule has 2 aromatic carbocycles. The molecule has 1 aliphatic rings. The highest BCUT2D eigenvalue weighted by atomic mass is 35.5. The summed E-state index contributed by atoms with van der Waals surface area (Å²) >= 11 is 12.4. The van der Waals surface area contributed by atoms with Gasteiger partial charge in [0.2, 0.25) is 5.91 Å². The number of hydrogen-bond donors (Lipinski definition) is 2. The van der Waals surface area contributed by atoms with Gasteiger partial charge in [-0.1, -0.05) is 31.5 Å². The van der Waals surface area contributed by atoms with Crippen LogP contribution in [0.15, 0.2) is 66.9 Å². The van der Waals surface area contributed by atoms with Crippen molar-refractivity contribution in [3.05, 3.63) is 100 Å². The number of thiocarbonyl (C=S) groups is 1. The number of ether oxygens (including phenoxy) is 1. The molecule has 0 unspecified atom stereocenters. The number of aromatic nitrogens is 2. The van der Waals surface area contributed by atoms with Gasteiger partial charge in [0, 0.05) is 39.9 Å². The van der Waals surface area contributed by atoms with Gasteiger partial charge in [-0.25, -0.2) is 0 Å². The second kappa shape index (κ2) is 11.5. The van der Waals surface area contributed by atoms with Crippen molar-refractivity contribution >= 4 is 46.2 Å². The molecule has 7 nitrogen and oxygen atoms in total. The van der Waals surface area contributed by atoms with Crippen molar-refractivity contribution in [3.63, 3.8) is 0 Å². The maximum absolute atomic E-state index is 12.4. The minimum Gasteiger partial charge on any atom is -0.495 e. The van der Waals surface area contributed by atoms with E-state index in [4.69, 9.17) is 33.5 Å². The van der Waals surface area contributed by atoms with Gasteiger partial charge in [-0.2, -0.15) is 0 Å². The first-order valence-corrected chi connectivity index (χ1v) is 14.3. The summed E-state index contributed by atoms with van der Waals surface area (Å²) in [4.78, 5) is 19.2. The smallest absolute Gasteiger partial charge is 0.226 e. The molecule has 0 radical (unpaired) electrons. The van der Waals surface area contributed by atoms with Crippen LogP contribution in [-0.2, 0) is 4.79 Å². The van der Waals surface area contributed by atoms with Gasteiger partial charge in [-0.05, 0) is 98.7 Å². The molecule has 2 atom stereocenters. The molecular weight excluding hydrogens is 554 g/mol. The highest BCUT2D eigenvalue weighted by Crippen LogP contribution is 2.45. The van der Waals surface area contributed by atoms with Gasteiger partial charge < -0.3 is 24.8 Å². The van der Waals surface area contributed by atoms with Crippen LogP contribution in [0.2, 0.25) is 5.02 Å². The topological polar surface area (TPSA) is 71.4 Å². The Morgan fingerprint density at radius 3 is 2.54 bits per heavy atom. The first-order chi connectivity index (χ1) is 19.6. The van der Waals surface area contributed by atoms with Gasteiger partial charge in [0.15, 0.2) is 5.11 Å². The van der Waals surface area contributed by atoms with Gasteiger partial charge >= 0.3 is 0 Å². The van der Waals surface area contributed by atoms with Crippen molar-refractivity contribution in [2.24, 2.45) is 5.92 Å². The van der Waals surface area contributed by atoms with E-state index >= 15 is 0 Å². The number of rotatable bonds is 7. The number of nitrogens with zero attached hydrogens (tertiary/aromatic N) is 3. The predicted octanol–water partition coefficient (Wildman–Crippen LogP) is 7.23. The molecule has 0 bridgehead atoms. The number of methoxy groups -OCH3 is 1. The van der Waals surface area contributed by atoms with Crippen LogP contribution in [0.1, 0.15) is 54.1 Å². The lowest BCUT2D eigenvalue weighted by atomic mass is 9.96. The molecular formula is C32H34ClN5O2S. The molecule has 1 amide bonds. The third kappa shape index (κ3) is 5.42. The molecule has 2 aromatic heterocycles. The van der Waals surface area contributed by atoms with E-state index < -0.39 is 0 Å². The zero-order valence-corrected chi connectivity index (χ0v) is 25.6. The van der Waals surface area contributed by atoms with E-state index in [0.29, 0.717) is 10.1 Å². The zero-order chi connectivity index (χ0) is 29.4. The predicted molar refractivity (Wildman–Crippen MR) is 169 cm³/mol. The lowest BCUT2D eigenvalue weighted by Crippen LogP contribution is -2.29. The van der Waals surface area contributed by atoms with Crippen molar-refractivity contribution in [1.82, 2.24) is 14.9 Å². The highest BCUT2D eigenvalue weighted by Gasteiger charge is 2.42. The number of amides is 1. The molecule has 0 saturated carbocycles. The van der Waals surface area contributed by atoms with Crippen molar-refractivity contribution in [1.29, 1.82) is 0 Å². The number of carbonyl (C=O) groups excluding carboxylic acids is 1. The first-order valence-electron chi connectivity index (χ1n) is 13.6. The molecule has 9 heteroatoms. The summed E-state index contributed by atoms with van der Waals surface area (Å²) in [5, 5.41) is 7.81. The van der Waals surface area contributed by atoms with E-state index in [0.717, 1.165) is 51.0 Å². The number of benzene rings is 2. The second-order valence-corrected chi connectivity index (χ2v) is 11.4. The molecule has 5 rings (SSSR count). The van der Waals surface area contributed by atoms with Crippen LogP contribution >= 0.6 is 23.8 Å². The molecule has 2 N–H and O–H groups in total. The Bertz CT molecular complexity index is 1620. The van der Waals surface area contributed by atoms with Crippen LogP contribution in [0.25, 0.3) is 5.69 Å². The quantitative estimate of drug-likeness (QED) is 0.222. The van der Waals surface area contributed by atoms with Gasteiger partial charge in [-0.15, -0.1) is 0 Å². The fraction of sp³-hybridized carbons (Fsp3) is 0.281. The second-order valence-electron chi connectivity index (χ2n) is 10.6. The highest BCUT2D eigenvalue weighted by molar-refractivity contribution is 7.80. The van der Waals surface area contributed by atoms with Gasteiger partial charge in [0.1, 0.15) is 5.75 Å². The SMILES string of the molecule is COc1ccc(Cl)cc1-n1c(C)cc([C@H]2[C@@H](c3ccccn3)NC(=S)N2c2ccc(NC(=O)C(C)C)c(C)c2)c1C. The first kappa shape index (κ1) is 28.6. The zero-order valence-electron chi connectivity index (χ0n) is 24.0. The van der Waals surface area contributed by atoms with E-state index in [1.807, 2.05) is 69.3 Å². The minimum absolute atomic E-state index is 0.0174. The summed E-state index contributed by atoms with van der Waals surface area (Å²) in [5.74, 6) is 0.605. The molecule has 41 heavy (non-hydrogen) atoms. The van der Waals surface area contributed by atoms with Crippen LogP contribution < -0.4 is 20.3 Å².